The van der Waals surface area contributed by atoms with Crippen LogP contribution in [0.3, 0.4) is 0 Å². The zero-order valence-corrected chi connectivity index (χ0v) is 14.8. The molecule has 0 bridgehead atoms. The van der Waals surface area contributed by atoms with Gasteiger partial charge in [0.1, 0.15) is 6.42 Å². The third-order valence-electron chi connectivity index (χ3n) is 3.09. The summed E-state index contributed by atoms with van der Waals surface area (Å²) < 4.78 is 9.99. The van der Waals surface area contributed by atoms with E-state index in [9.17, 15) is 9.59 Å². The van der Waals surface area contributed by atoms with Crippen LogP contribution in [0.25, 0.3) is 0 Å². The van der Waals surface area contributed by atoms with Crippen molar-refractivity contribution in [3.63, 3.8) is 0 Å². The summed E-state index contributed by atoms with van der Waals surface area (Å²) in [5.74, 6) is -0.962. The Morgan fingerprint density at radius 3 is 1.76 bits per heavy atom. The molecule has 0 unspecified atom stereocenters. The minimum atomic E-state index is -0.484. The summed E-state index contributed by atoms with van der Waals surface area (Å²) in [6.07, 6.45) is 9.52. The first-order valence-electron chi connectivity index (χ1n) is 8.08. The third kappa shape index (κ3) is 15.6. The molecular weight excluding hydrogens is 336 g/mol. The monoisotopic (exact) mass is 364 g/mol. The van der Waals surface area contributed by atoms with E-state index >= 15 is 0 Å². The highest BCUT2D eigenvalue weighted by atomic mass is 79.9. The maximum absolute atomic E-state index is 11.4. The lowest BCUT2D eigenvalue weighted by atomic mass is 10.1. The van der Waals surface area contributed by atoms with Crippen molar-refractivity contribution in [2.75, 3.05) is 18.5 Å². The number of unbranched alkanes of at least 4 members (excludes halogenated alkanes) is 7. The summed E-state index contributed by atoms with van der Waals surface area (Å²) in [5, 5.41) is 0.964. The van der Waals surface area contributed by atoms with E-state index in [1.165, 1.54) is 25.7 Å². The van der Waals surface area contributed by atoms with Gasteiger partial charge in [-0.2, -0.15) is 0 Å². The van der Waals surface area contributed by atoms with Crippen LogP contribution in [0.4, 0.5) is 0 Å². The fraction of sp³-hybridized carbons (Fsp3) is 0.875. The molecule has 0 spiro atoms. The van der Waals surface area contributed by atoms with Gasteiger partial charge in [0.15, 0.2) is 0 Å². The van der Waals surface area contributed by atoms with Crippen molar-refractivity contribution >= 4 is 27.9 Å². The van der Waals surface area contributed by atoms with Crippen molar-refractivity contribution in [3.8, 4) is 0 Å². The van der Waals surface area contributed by atoms with E-state index in [1.807, 2.05) is 0 Å². The van der Waals surface area contributed by atoms with Crippen LogP contribution in [-0.2, 0) is 19.1 Å². The SMILES string of the molecule is CCCCCCCCOC(=O)CC(=O)OCCCCCBr. The van der Waals surface area contributed by atoms with Crippen molar-refractivity contribution in [3.05, 3.63) is 0 Å². The molecule has 0 N–H and O–H groups in total. The number of carbonyl (C=O) groups excluding carboxylic acids is 2. The van der Waals surface area contributed by atoms with Gasteiger partial charge in [0, 0.05) is 5.33 Å². The van der Waals surface area contributed by atoms with E-state index in [0.717, 1.165) is 37.4 Å². The Bertz CT molecular complexity index is 269. The molecule has 0 aliphatic heterocycles. The van der Waals surface area contributed by atoms with Gasteiger partial charge < -0.3 is 9.47 Å². The van der Waals surface area contributed by atoms with Crippen molar-refractivity contribution in [2.45, 2.75) is 71.1 Å². The summed E-state index contributed by atoms with van der Waals surface area (Å²) in [6, 6.07) is 0. The Hall–Kier alpha value is -0.580. The summed E-state index contributed by atoms with van der Waals surface area (Å²) >= 11 is 3.34. The van der Waals surface area contributed by atoms with Crippen LogP contribution in [0.2, 0.25) is 0 Å². The molecule has 0 rings (SSSR count). The zero-order chi connectivity index (χ0) is 15.8. The van der Waals surface area contributed by atoms with E-state index in [2.05, 4.69) is 22.9 Å². The van der Waals surface area contributed by atoms with E-state index in [-0.39, 0.29) is 6.42 Å². The minimum Gasteiger partial charge on any atom is -0.465 e. The first kappa shape index (κ1) is 20.4. The van der Waals surface area contributed by atoms with Crippen molar-refractivity contribution in [1.82, 2.24) is 0 Å². The van der Waals surface area contributed by atoms with Gasteiger partial charge in [-0.15, -0.1) is 0 Å². The predicted molar refractivity (Wildman–Crippen MR) is 87.6 cm³/mol. The Balaban J connectivity index is 3.37. The van der Waals surface area contributed by atoms with Crippen molar-refractivity contribution in [1.29, 1.82) is 0 Å². The molecule has 0 saturated carbocycles. The molecule has 0 aromatic carbocycles. The largest absolute Gasteiger partial charge is 0.465 e. The van der Waals surface area contributed by atoms with E-state index < -0.39 is 11.9 Å². The molecule has 0 aromatic heterocycles. The smallest absolute Gasteiger partial charge is 0.317 e. The maximum Gasteiger partial charge on any atom is 0.317 e. The molecule has 0 aromatic rings. The Kier molecular flexibility index (Phi) is 15.4. The molecule has 21 heavy (non-hydrogen) atoms. The van der Waals surface area contributed by atoms with Gasteiger partial charge in [0.2, 0.25) is 0 Å². The molecule has 0 aliphatic rings. The molecule has 0 aliphatic carbocycles. The van der Waals surface area contributed by atoms with Gasteiger partial charge in [0.05, 0.1) is 13.2 Å². The third-order valence-corrected chi connectivity index (χ3v) is 3.65. The normalized spacial score (nSPS) is 10.4. The molecular formula is C16H29BrO4. The maximum atomic E-state index is 11.4. The number of alkyl halides is 1. The topological polar surface area (TPSA) is 52.6 Å². The standard InChI is InChI=1S/C16H29BrO4/c1-2-3-4-5-6-9-12-20-15(18)14-16(19)21-13-10-7-8-11-17/h2-14H2,1H3. The molecule has 0 amide bonds. The summed E-state index contributed by atoms with van der Waals surface area (Å²) in [5.41, 5.74) is 0. The highest BCUT2D eigenvalue weighted by Gasteiger charge is 2.11. The minimum absolute atomic E-state index is 0.270. The van der Waals surface area contributed by atoms with Crippen LogP contribution in [0, 0.1) is 0 Å². The van der Waals surface area contributed by atoms with Crippen LogP contribution in [0.15, 0.2) is 0 Å². The van der Waals surface area contributed by atoms with Gasteiger partial charge in [-0.25, -0.2) is 0 Å². The first-order chi connectivity index (χ1) is 10.2. The quantitative estimate of drug-likeness (QED) is 0.198. The fourth-order valence-corrected chi connectivity index (χ4v) is 2.24. The number of hydrogen-bond donors (Lipinski definition) is 0. The predicted octanol–water partition coefficient (Wildman–Crippen LogP) is 4.39. The fourth-order valence-electron chi connectivity index (χ4n) is 1.85. The zero-order valence-electron chi connectivity index (χ0n) is 13.2. The highest BCUT2D eigenvalue weighted by Crippen LogP contribution is 2.05. The second-order valence-corrected chi connectivity index (χ2v) is 5.93. The van der Waals surface area contributed by atoms with E-state index in [1.54, 1.807) is 0 Å². The highest BCUT2D eigenvalue weighted by molar-refractivity contribution is 9.09. The summed E-state index contributed by atoms with van der Waals surface area (Å²) in [7, 11) is 0. The van der Waals surface area contributed by atoms with Crippen LogP contribution < -0.4 is 0 Å². The molecule has 0 saturated heterocycles. The number of ether oxygens (including phenoxy) is 2. The van der Waals surface area contributed by atoms with Gasteiger partial charge in [-0.1, -0.05) is 55.0 Å². The molecule has 5 heteroatoms. The van der Waals surface area contributed by atoms with Crippen LogP contribution in [0.5, 0.6) is 0 Å². The Morgan fingerprint density at radius 2 is 1.24 bits per heavy atom. The summed E-state index contributed by atoms with van der Waals surface area (Å²) in [6.45, 7) is 2.97. The average Bonchev–Trinajstić information content (AvgIpc) is 2.46. The van der Waals surface area contributed by atoms with Crippen LogP contribution in [0.1, 0.15) is 71.1 Å². The van der Waals surface area contributed by atoms with Gasteiger partial charge in [-0.3, -0.25) is 9.59 Å². The van der Waals surface area contributed by atoms with E-state index in [0.29, 0.717) is 13.2 Å². The second kappa shape index (κ2) is 15.8. The van der Waals surface area contributed by atoms with Gasteiger partial charge in [0.25, 0.3) is 0 Å². The Labute approximate surface area is 137 Å². The molecule has 0 fully saturated rings. The number of carbonyl (C=O) groups is 2. The van der Waals surface area contributed by atoms with Gasteiger partial charge in [-0.05, 0) is 25.7 Å². The Morgan fingerprint density at radius 1 is 0.762 bits per heavy atom. The van der Waals surface area contributed by atoms with Crippen LogP contribution in [-0.4, -0.2) is 30.5 Å². The van der Waals surface area contributed by atoms with Gasteiger partial charge >= 0.3 is 11.9 Å². The molecule has 4 nitrogen and oxygen atoms in total. The lowest BCUT2D eigenvalue weighted by molar-refractivity contribution is -0.154. The number of rotatable bonds is 14. The van der Waals surface area contributed by atoms with Crippen molar-refractivity contribution < 1.29 is 19.1 Å². The lowest BCUT2D eigenvalue weighted by Gasteiger charge is -2.06. The average molecular weight is 365 g/mol. The molecule has 0 heterocycles. The number of halogens is 1. The van der Waals surface area contributed by atoms with Crippen LogP contribution >= 0.6 is 15.9 Å². The number of esters is 2. The van der Waals surface area contributed by atoms with Crippen molar-refractivity contribution in [2.24, 2.45) is 0 Å². The van der Waals surface area contributed by atoms with E-state index in [4.69, 9.17) is 9.47 Å². The molecule has 0 atom stereocenters. The summed E-state index contributed by atoms with van der Waals surface area (Å²) in [4.78, 5) is 22.8. The molecule has 124 valence electrons. The number of hydrogen-bond acceptors (Lipinski definition) is 4. The second-order valence-electron chi connectivity index (χ2n) is 5.14. The first-order valence-corrected chi connectivity index (χ1v) is 9.20. The molecule has 0 radical (unpaired) electrons. The lowest BCUT2D eigenvalue weighted by Crippen LogP contribution is -2.15.